The van der Waals surface area contributed by atoms with Crippen molar-refractivity contribution in [2.24, 2.45) is 0 Å². The van der Waals surface area contributed by atoms with Crippen LogP contribution in [0.4, 0.5) is 22.7 Å². The average molecular weight is 674 g/mol. The number of carbonyl (C=O) groups excluding carboxylic acids is 4. The van der Waals surface area contributed by atoms with Crippen molar-refractivity contribution in [3.05, 3.63) is 148 Å². The fourth-order valence-electron chi connectivity index (χ4n) is 3.87. The molecule has 4 aromatic rings. The maximum absolute atomic E-state index is 12.5. The number of nitrogens with one attached hydrogen (secondary N) is 4. The Morgan fingerprint density at radius 2 is 0.653 bits per heavy atom. The topological polar surface area (TPSA) is 298 Å². The first kappa shape index (κ1) is 34.0. The summed E-state index contributed by atoms with van der Waals surface area (Å²) in [6.45, 7) is 0. The van der Waals surface area contributed by atoms with Crippen LogP contribution in [0.15, 0.2) is 84.9 Å². The van der Waals surface area contributed by atoms with Crippen LogP contribution < -0.4 is 26.4 Å². The van der Waals surface area contributed by atoms with E-state index < -0.39 is 77.2 Å². The summed E-state index contributed by atoms with van der Waals surface area (Å²) < 4.78 is 5.66. The van der Waals surface area contributed by atoms with E-state index in [-0.39, 0.29) is 22.6 Å². The molecule has 4 aromatic carbocycles. The maximum atomic E-state index is 12.5. The lowest BCUT2D eigenvalue weighted by Crippen LogP contribution is -2.41. The Kier molecular flexibility index (Phi) is 10.1. The highest BCUT2D eigenvalue weighted by Crippen LogP contribution is 2.25. The minimum absolute atomic E-state index is 0.0476. The summed E-state index contributed by atoms with van der Waals surface area (Å²) in [6.07, 6.45) is 0. The quantitative estimate of drug-likeness (QED) is 0.139. The average Bonchev–Trinajstić information content (AvgIpc) is 3.09. The number of benzene rings is 4. The number of hydrogen-bond donors (Lipinski definition) is 4. The standard InChI is InChI=1S/C28H18N8O13/c37-25(29-31-27(39)17-9-19(33(41)42)13-20(10-17)34(43)44)15-1-5-23(6-2-15)49-24-7-3-16(4-8-24)26(38)30-32-28(40)18-11-21(35(45)46)14-22(12-18)36(47)48/h1-14H,(H,29,37)(H,30,38)(H,31,39)(H,32,40). The van der Waals surface area contributed by atoms with E-state index >= 15 is 0 Å². The number of nitrogens with zero attached hydrogens (tertiary/aromatic N) is 4. The highest BCUT2D eigenvalue weighted by Gasteiger charge is 2.22. The van der Waals surface area contributed by atoms with Crippen molar-refractivity contribution < 1.29 is 43.6 Å². The Morgan fingerprint density at radius 3 is 0.898 bits per heavy atom. The molecule has 0 aliphatic carbocycles. The predicted octanol–water partition coefficient (Wildman–Crippen LogP) is 3.26. The van der Waals surface area contributed by atoms with Crippen molar-refractivity contribution in [1.29, 1.82) is 0 Å². The number of nitro groups is 4. The second-order valence-electron chi connectivity index (χ2n) is 9.47. The Bertz CT molecular complexity index is 1820. The SMILES string of the molecule is O=C(NNC(=O)c1cc([N+](=O)[O-])cc([N+](=O)[O-])c1)c1ccc(Oc2ccc(C(=O)NNC(=O)c3cc([N+](=O)[O-])cc([N+](=O)[O-])c3)cc2)cc1. The summed E-state index contributed by atoms with van der Waals surface area (Å²) in [7, 11) is 0. The Balaban J connectivity index is 1.31. The first-order chi connectivity index (χ1) is 23.2. The van der Waals surface area contributed by atoms with Gasteiger partial charge in [0, 0.05) is 35.4 Å². The van der Waals surface area contributed by atoms with Gasteiger partial charge in [0.1, 0.15) is 11.5 Å². The van der Waals surface area contributed by atoms with Crippen molar-refractivity contribution in [2.45, 2.75) is 0 Å². The molecule has 0 fully saturated rings. The summed E-state index contributed by atoms with van der Waals surface area (Å²) in [6, 6.07) is 15.5. The van der Waals surface area contributed by atoms with Crippen LogP contribution in [0.25, 0.3) is 0 Å². The summed E-state index contributed by atoms with van der Waals surface area (Å²) in [5.41, 5.74) is 4.64. The molecule has 0 atom stereocenters. The molecule has 4 N–H and O–H groups in total. The highest BCUT2D eigenvalue weighted by atomic mass is 16.6. The maximum Gasteiger partial charge on any atom is 0.277 e. The second kappa shape index (κ2) is 14.5. The largest absolute Gasteiger partial charge is 0.457 e. The predicted molar refractivity (Wildman–Crippen MR) is 162 cm³/mol. The molecule has 21 nitrogen and oxygen atoms in total. The number of amides is 4. The molecular formula is C28H18N8O13. The molecule has 0 heterocycles. The zero-order valence-electron chi connectivity index (χ0n) is 24.2. The van der Waals surface area contributed by atoms with Crippen LogP contribution in [0, 0.1) is 40.5 Å². The Hall–Kier alpha value is -7.84. The third kappa shape index (κ3) is 8.66. The van der Waals surface area contributed by atoms with Crippen molar-refractivity contribution in [2.75, 3.05) is 0 Å². The summed E-state index contributed by atoms with van der Waals surface area (Å²) in [5.74, 6) is -3.20. The van der Waals surface area contributed by atoms with E-state index in [1.807, 2.05) is 10.9 Å². The summed E-state index contributed by atoms with van der Waals surface area (Å²) in [5, 5.41) is 44.1. The third-order valence-corrected chi connectivity index (χ3v) is 6.22. The normalized spacial score (nSPS) is 10.2. The van der Waals surface area contributed by atoms with E-state index in [1.165, 1.54) is 48.5 Å². The minimum atomic E-state index is -1.05. The van der Waals surface area contributed by atoms with E-state index in [0.29, 0.717) is 12.1 Å². The molecule has 4 amide bonds. The first-order valence-corrected chi connectivity index (χ1v) is 13.2. The zero-order valence-corrected chi connectivity index (χ0v) is 24.2. The highest BCUT2D eigenvalue weighted by molar-refractivity contribution is 6.00. The van der Waals surface area contributed by atoms with Gasteiger partial charge in [-0.25, -0.2) is 0 Å². The lowest BCUT2D eigenvalue weighted by atomic mass is 10.1. The molecule has 49 heavy (non-hydrogen) atoms. The van der Waals surface area contributed by atoms with Crippen molar-refractivity contribution in [3.63, 3.8) is 0 Å². The van der Waals surface area contributed by atoms with Crippen molar-refractivity contribution in [3.8, 4) is 11.5 Å². The van der Waals surface area contributed by atoms with Crippen LogP contribution in [-0.2, 0) is 0 Å². The second-order valence-corrected chi connectivity index (χ2v) is 9.47. The number of nitro benzene ring substituents is 4. The molecule has 0 aliphatic heterocycles. The van der Waals surface area contributed by atoms with Crippen LogP contribution in [0.3, 0.4) is 0 Å². The molecule has 0 radical (unpaired) electrons. The molecule has 248 valence electrons. The third-order valence-electron chi connectivity index (χ3n) is 6.22. The van der Waals surface area contributed by atoms with Gasteiger partial charge in [0.15, 0.2) is 0 Å². The number of ether oxygens (including phenoxy) is 1. The van der Waals surface area contributed by atoms with Gasteiger partial charge < -0.3 is 4.74 Å². The van der Waals surface area contributed by atoms with Crippen LogP contribution >= 0.6 is 0 Å². The fraction of sp³-hybridized carbons (Fsp3) is 0. The van der Waals surface area contributed by atoms with E-state index in [4.69, 9.17) is 4.74 Å². The number of carbonyl (C=O) groups is 4. The van der Waals surface area contributed by atoms with Gasteiger partial charge in [-0.2, -0.15) is 0 Å². The number of hydrazine groups is 2. The number of non-ortho nitro benzene ring substituents is 4. The molecule has 21 heteroatoms. The van der Waals surface area contributed by atoms with Gasteiger partial charge >= 0.3 is 0 Å². The van der Waals surface area contributed by atoms with Gasteiger partial charge in [0.05, 0.1) is 43.0 Å². The van der Waals surface area contributed by atoms with E-state index in [0.717, 1.165) is 24.3 Å². The van der Waals surface area contributed by atoms with Crippen molar-refractivity contribution in [1.82, 2.24) is 21.7 Å². The molecule has 0 saturated carbocycles. The van der Waals surface area contributed by atoms with Gasteiger partial charge in [-0.1, -0.05) is 0 Å². The number of hydrogen-bond acceptors (Lipinski definition) is 13. The first-order valence-electron chi connectivity index (χ1n) is 13.2. The molecule has 0 bridgehead atoms. The van der Waals surface area contributed by atoms with E-state index in [9.17, 15) is 59.6 Å². The van der Waals surface area contributed by atoms with Crippen LogP contribution in [0.5, 0.6) is 11.5 Å². The molecule has 4 rings (SSSR count). The lowest BCUT2D eigenvalue weighted by molar-refractivity contribution is -0.394. The molecule has 0 spiro atoms. The molecule has 0 aliphatic rings. The van der Waals surface area contributed by atoms with Gasteiger partial charge in [0.2, 0.25) is 0 Å². The van der Waals surface area contributed by atoms with Crippen molar-refractivity contribution >= 4 is 46.4 Å². The van der Waals surface area contributed by atoms with E-state index in [2.05, 4.69) is 10.9 Å². The molecule has 0 unspecified atom stereocenters. The fourth-order valence-corrected chi connectivity index (χ4v) is 3.87. The Labute approximate surface area is 271 Å². The van der Waals surface area contributed by atoms with Gasteiger partial charge in [-0.15, -0.1) is 0 Å². The van der Waals surface area contributed by atoms with E-state index in [1.54, 1.807) is 0 Å². The summed E-state index contributed by atoms with van der Waals surface area (Å²) >= 11 is 0. The summed E-state index contributed by atoms with van der Waals surface area (Å²) in [4.78, 5) is 90.1. The van der Waals surface area contributed by atoms with Gasteiger partial charge in [-0.05, 0) is 48.5 Å². The van der Waals surface area contributed by atoms with Crippen LogP contribution in [-0.4, -0.2) is 43.3 Å². The van der Waals surface area contributed by atoms with Crippen LogP contribution in [0.2, 0.25) is 0 Å². The molecule has 0 saturated heterocycles. The van der Waals surface area contributed by atoms with Gasteiger partial charge in [-0.3, -0.25) is 81.3 Å². The molecule has 0 aromatic heterocycles. The molecular weight excluding hydrogens is 656 g/mol. The van der Waals surface area contributed by atoms with Crippen LogP contribution in [0.1, 0.15) is 41.4 Å². The smallest absolute Gasteiger partial charge is 0.277 e. The Morgan fingerprint density at radius 1 is 0.408 bits per heavy atom. The van der Waals surface area contributed by atoms with Gasteiger partial charge in [0.25, 0.3) is 46.4 Å². The lowest BCUT2D eigenvalue weighted by Gasteiger charge is -2.10. The monoisotopic (exact) mass is 674 g/mol. The minimum Gasteiger partial charge on any atom is -0.457 e. The zero-order chi connectivity index (χ0) is 35.8. The number of rotatable bonds is 10.